The van der Waals surface area contributed by atoms with Crippen molar-refractivity contribution in [3.63, 3.8) is 0 Å². The summed E-state index contributed by atoms with van der Waals surface area (Å²) in [6, 6.07) is 7.55. The Balaban J connectivity index is 2.12. The van der Waals surface area contributed by atoms with E-state index in [0.29, 0.717) is 23.8 Å². The average Bonchev–Trinajstić information content (AvgIpc) is 3.09. The van der Waals surface area contributed by atoms with E-state index < -0.39 is 12.0 Å². The van der Waals surface area contributed by atoms with Gasteiger partial charge < -0.3 is 19.7 Å². The van der Waals surface area contributed by atoms with Crippen molar-refractivity contribution in [2.75, 3.05) is 44.6 Å². The molecule has 138 valence electrons. The minimum Gasteiger partial charge on any atom is -0.463 e. The van der Waals surface area contributed by atoms with Crippen molar-refractivity contribution in [3.8, 4) is 0 Å². The van der Waals surface area contributed by atoms with Gasteiger partial charge in [0.25, 0.3) is 0 Å². The molecule has 1 atom stereocenters. The molecule has 8 heteroatoms. The maximum atomic E-state index is 12.7. The molecule has 0 bridgehead atoms. The van der Waals surface area contributed by atoms with Gasteiger partial charge in [0.05, 0.1) is 24.5 Å². The molecule has 0 amide bonds. The summed E-state index contributed by atoms with van der Waals surface area (Å²) in [5.74, 6) is 0.168. The summed E-state index contributed by atoms with van der Waals surface area (Å²) in [4.78, 5) is 19.0. The number of rotatable bonds is 6. The highest BCUT2D eigenvalue weighted by Crippen LogP contribution is 2.35. The Hall–Kier alpha value is -2.87. The fourth-order valence-electron chi connectivity index (χ4n) is 2.98. The number of esters is 1. The van der Waals surface area contributed by atoms with E-state index in [1.807, 2.05) is 43.3 Å². The molecule has 0 saturated heterocycles. The SMILES string of the molecule is CCOC(=O)C1=C(COC)Nc2ncnn2C1c1ccc(N(C)C)cc1. The number of benzene rings is 1. The van der Waals surface area contributed by atoms with Crippen LogP contribution in [0.1, 0.15) is 18.5 Å². The van der Waals surface area contributed by atoms with Gasteiger partial charge in [-0.25, -0.2) is 9.48 Å². The minimum atomic E-state index is -0.436. The van der Waals surface area contributed by atoms with Crippen molar-refractivity contribution in [1.82, 2.24) is 14.8 Å². The lowest BCUT2D eigenvalue weighted by atomic mass is 9.95. The van der Waals surface area contributed by atoms with Gasteiger partial charge in [0, 0.05) is 26.9 Å². The van der Waals surface area contributed by atoms with Crippen molar-refractivity contribution >= 4 is 17.6 Å². The summed E-state index contributed by atoms with van der Waals surface area (Å²) in [6.45, 7) is 2.32. The maximum Gasteiger partial charge on any atom is 0.338 e. The van der Waals surface area contributed by atoms with E-state index in [9.17, 15) is 4.79 Å². The zero-order chi connectivity index (χ0) is 18.7. The van der Waals surface area contributed by atoms with Gasteiger partial charge in [-0.15, -0.1) is 0 Å². The summed E-state index contributed by atoms with van der Waals surface area (Å²) >= 11 is 0. The number of nitrogens with zero attached hydrogens (tertiary/aromatic N) is 4. The third kappa shape index (κ3) is 3.28. The largest absolute Gasteiger partial charge is 0.463 e. The van der Waals surface area contributed by atoms with Gasteiger partial charge in [0.2, 0.25) is 5.95 Å². The minimum absolute atomic E-state index is 0.243. The van der Waals surface area contributed by atoms with Crippen molar-refractivity contribution in [1.29, 1.82) is 0 Å². The predicted molar refractivity (Wildman–Crippen MR) is 98.1 cm³/mol. The Morgan fingerprint density at radius 3 is 2.65 bits per heavy atom. The van der Waals surface area contributed by atoms with Crippen LogP contribution >= 0.6 is 0 Å². The van der Waals surface area contributed by atoms with Crippen LogP contribution < -0.4 is 10.2 Å². The van der Waals surface area contributed by atoms with Crippen LogP contribution in [0.15, 0.2) is 41.9 Å². The van der Waals surface area contributed by atoms with Crippen molar-refractivity contribution in [2.24, 2.45) is 0 Å². The number of hydrogen-bond donors (Lipinski definition) is 1. The second-order valence-electron chi connectivity index (χ2n) is 6.09. The molecule has 0 saturated carbocycles. The van der Waals surface area contributed by atoms with Crippen LogP contribution in [0, 0.1) is 0 Å². The monoisotopic (exact) mass is 357 g/mol. The Morgan fingerprint density at radius 2 is 2.04 bits per heavy atom. The zero-order valence-corrected chi connectivity index (χ0v) is 15.4. The molecule has 0 aliphatic carbocycles. The third-order valence-corrected chi connectivity index (χ3v) is 4.19. The number of carbonyl (C=O) groups excluding carboxylic acids is 1. The Kier molecular flexibility index (Phi) is 5.22. The number of fused-ring (bicyclic) bond motifs is 1. The number of anilines is 2. The van der Waals surface area contributed by atoms with Gasteiger partial charge in [0.15, 0.2) is 0 Å². The van der Waals surface area contributed by atoms with Gasteiger partial charge >= 0.3 is 5.97 Å². The first kappa shape index (κ1) is 17.9. The average molecular weight is 357 g/mol. The van der Waals surface area contributed by atoms with E-state index in [-0.39, 0.29) is 6.61 Å². The molecular weight excluding hydrogens is 334 g/mol. The first-order chi connectivity index (χ1) is 12.6. The number of hydrogen-bond acceptors (Lipinski definition) is 7. The molecule has 2 heterocycles. The molecule has 2 aromatic rings. The third-order valence-electron chi connectivity index (χ3n) is 4.19. The predicted octanol–water partition coefficient (Wildman–Crippen LogP) is 1.82. The van der Waals surface area contributed by atoms with Gasteiger partial charge in [-0.3, -0.25) is 0 Å². The molecule has 1 aliphatic rings. The lowest BCUT2D eigenvalue weighted by molar-refractivity contribution is -0.139. The zero-order valence-electron chi connectivity index (χ0n) is 15.4. The molecule has 0 fully saturated rings. The highest BCUT2D eigenvalue weighted by Gasteiger charge is 2.35. The van der Waals surface area contributed by atoms with Crippen LogP contribution in [0.5, 0.6) is 0 Å². The van der Waals surface area contributed by atoms with Crippen LogP contribution in [0.25, 0.3) is 0 Å². The summed E-state index contributed by atoms with van der Waals surface area (Å²) in [6.07, 6.45) is 1.46. The Morgan fingerprint density at radius 1 is 1.31 bits per heavy atom. The topological polar surface area (TPSA) is 81.5 Å². The maximum absolute atomic E-state index is 12.7. The van der Waals surface area contributed by atoms with E-state index >= 15 is 0 Å². The summed E-state index contributed by atoms with van der Waals surface area (Å²) in [7, 11) is 5.54. The fourth-order valence-corrected chi connectivity index (χ4v) is 2.98. The van der Waals surface area contributed by atoms with Crippen molar-refractivity contribution in [2.45, 2.75) is 13.0 Å². The molecule has 8 nitrogen and oxygen atoms in total. The molecule has 1 aromatic heterocycles. The number of nitrogens with one attached hydrogen (secondary N) is 1. The fraction of sp³-hybridized carbons (Fsp3) is 0.389. The normalized spacial score (nSPS) is 16.1. The second kappa shape index (κ2) is 7.57. The molecule has 1 unspecified atom stereocenters. The van der Waals surface area contributed by atoms with Crippen LogP contribution in [-0.4, -0.2) is 55.2 Å². The van der Waals surface area contributed by atoms with E-state index in [0.717, 1.165) is 11.3 Å². The van der Waals surface area contributed by atoms with E-state index in [4.69, 9.17) is 9.47 Å². The molecule has 1 N–H and O–H groups in total. The van der Waals surface area contributed by atoms with E-state index in [1.54, 1.807) is 18.7 Å². The number of carbonyl (C=O) groups is 1. The number of methoxy groups -OCH3 is 1. The molecule has 3 rings (SSSR count). The molecule has 0 radical (unpaired) electrons. The van der Waals surface area contributed by atoms with Gasteiger partial charge in [-0.05, 0) is 24.6 Å². The molecule has 26 heavy (non-hydrogen) atoms. The van der Waals surface area contributed by atoms with Gasteiger partial charge in [-0.2, -0.15) is 10.1 Å². The smallest absolute Gasteiger partial charge is 0.338 e. The van der Waals surface area contributed by atoms with Crippen molar-refractivity contribution in [3.05, 3.63) is 47.4 Å². The highest BCUT2D eigenvalue weighted by molar-refractivity contribution is 5.92. The highest BCUT2D eigenvalue weighted by atomic mass is 16.5. The van der Waals surface area contributed by atoms with Gasteiger partial charge in [0.1, 0.15) is 12.4 Å². The second-order valence-corrected chi connectivity index (χ2v) is 6.09. The summed E-state index contributed by atoms with van der Waals surface area (Å²) in [5, 5.41) is 7.44. The Labute approximate surface area is 152 Å². The van der Waals surface area contributed by atoms with E-state index in [2.05, 4.69) is 15.4 Å². The van der Waals surface area contributed by atoms with Crippen LogP contribution in [0.4, 0.5) is 11.6 Å². The summed E-state index contributed by atoms with van der Waals surface area (Å²) in [5.41, 5.74) is 3.10. The number of ether oxygens (including phenoxy) is 2. The molecule has 0 spiro atoms. The lowest BCUT2D eigenvalue weighted by Gasteiger charge is -2.29. The quantitative estimate of drug-likeness (QED) is 0.790. The first-order valence-electron chi connectivity index (χ1n) is 8.39. The molecule has 1 aliphatic heterocycles. The first-order valence-corrected chi connectivity index (χ1v) is 8.39. The van der Waals surface area contributed by atoms with Gasteiger partial charge in [-0.1, -0.05) is 12.1 Å². The van der Waals surface area contributed by atoms with Crippen LogP contribution in [0.3, 0.4) is 0 Å². The summed E-state index contributed by atoms with van der Waals surface area (Å²) < 4.78 is 12.3. The van der Waals surface area contributed by atoms with E-state index in [1.165, 1.54) is 6.33 Å². The van der Waals surface area contributed by atoms with Crippen LogP contribution in [0.2, 0.25) is 0 Å². The molecule has 1 aromatic carbocycles. The van der Waals surface area contributed by atoms with Crippen LogP contribution in [-0.2, 0) is 14.3 Å². The lowest BCUT2D eigenvalue weighted by Crippen LogP contribution is -2.31. The molecular formula is C18H23N5O3. The Bertz CT molecular complexity index is 810. The standard InChI is InChI=1S/C18H23N5O3/c1-5-26-17(24)15-14(10-25-4)21-18-19-11-20-23(18)16(15)12-6-8-13(9-7-12)22(2)3/h6-9,11,16H,5,10H2,1-4H3,(H,19,20,21). The number of aromatic nitrogens is 3. The van der Waals surface area contributed by atoms with Crippen molar-refractivity contribution < 1.29 is 14.3 Å².